The fourth-order valence-electron chi connectivity index (χ4n) is 1.90. The predicted molar refractivity (Wildman–Crippen MR) is 75.8 cm³/mol. The van der Waals surface area contributed by atoms with Crippen molar-refractivity contribution in [1.82, 2.24) is 0 Å². The van der Waals surface area contributed by atoms with Crippen molar-refractivity contribution in [1.29, 1.82) is 5.26 Å². The summed E-state index contributed by atoms with van der Waals surface area (Å²) in [5.41, 5.74) is 10.3. The van der Waals surface area contributed by atoms with Gasteiger partial charge in [-0.1, -0.05) is 18.2 Å². The highest BCUT2D eigenvalue weighted by atomic mass is 16.5. The number of hydrogen-bond donors (Lipinski definition) is 1. The maximum Gasteiger partial charge on any atom is 0.124 e. The lowest BCUT2D eigenvalue weighted by atomic mass is 10.1. The van der Waals surface area contributed by atoms with Crippen LogP contribution in [0.2, 0.25) is 0 Å². The van der Waals surface area contributed by atoms with Gasteiger partial charge in [-0.25, -0.2) is 0 Å². The van der Waals surface area contributed by atoms with Gasteiger partial charge < -0.3 is 10.5 Å². The zero-order chi connectivity index (χ0) is 13.8. The molecule has 0 aliphatic rings. The maximum atomic E-state index is 8.85. The van der Waals surface area contributed by atoms with Gasteiger partial charge in [0.25, 0.3) is 0 Å². The number of nitrogen functional groups attached to an aromatic ring is 1. The standard InChI is InChI=1S/C16H16N2O/c1-11-6-12(2)16(8-15(11)18)19-10-14-5-3-4-13(7-14)9-17/h3-8H,10,18H2,1-2H3. The van der Waals surface area contributed by atoms with Gasteiger partial charge in [0.1, 0.15) is 12.4 Å². The van der Waals surface area contributed by atoms with Crippen molar-refractivity contribution >= 4 is 5.69 Å². The average Bonchev–Trinajstić information content (AvgIpc) is 2.41. The Balaban J connectivity index is 2.14. The first kappa shape index (κ1) is 13.0. The second-order valence-corrected chi connectivity index (χ2v) is 4.58. The summed E-state index contributed by atoms with van der Waals surface area (Å²) < 4.78 is 5.77. The van der Waals surface area contributed by atoms with E-state index in [2.05, 4.69) is 6.07 Å². The van der Waals surface area contributed by atoms with Crippen LogP contribution in [0.15, 0.2) is 36.4 Å². The molecule has 0 bridgehead atoms. The number of rotatable bonds is 3. The molecule has 0 aliphatic heterocycles. The van der Waals surface area contributed by atoms with Crippen molar-refractivity contribution in [3.63, 3.8) is 0 Å². The third kappa shape index (κ3) is 3.05. The number of benzene rings is 2. The second kappa shape index (κ2) is 5.45. The molecular weight excluding hydrogens is 236 g/mol. The number of ether oxygens (including phenoxy) is 1. The molecular formula is C16H16N2O. The Morgan fingerprint density at radius 2 is 1.95 bits per heavy atom. The highest BCUT2D eigenvalue weighted by molar-refractivity contribution is 5.54. The van der Waals surface area contributed by atoms with E-state index in [-0.39, 0.29) is 0 Å². The molecule has 0 aromatic heterocycles. The normalized spacial score (nSPS) is 9.95. The molecule has 0 spiro atoms. The number of nitrogens with zero attached hydrogens (tertiary/aromatic N) is 1. The summed E-state index contributed by atoms with van der Waals surface area (Å²) in [6.45, 7) is 4.40. The van der Waals surface area contributed by atoms with E-state index in [1.54, 1.807) is 6.07 Å². The Hall–Kier alpha value is -2.47. The lowest BCUT2D eigenvalue weighted by Crippen LogP contribution is -1.99. The average molecular weight is 252 g/mol. The van der Waals surface area contributed by atoms with E-state index < -0.39 is 0 Å². The van der Waals surface area contributed by atoms with Crippen molar-refractivity contribution in [3.05, 3.63) is 58.7 Å². The lowest BCUT2D eigenvalue weighted by Gasteiger charge is -2.11. The van der Waals surface area contributed by atoms with Crippen LogP contribution < -0.4 is 10.5 Å². The summed E-state index contributed by atoms with van der Waals surface area (Å²) in [7, 11) is 0. The summed E-state index contributed by atoms with van der Waals surface area (Å²) >= 11 is 0. The number of nitrogens with two attached hydrogens (primary N) is 1. The van der Waals surface area contributed by atoms with Gasteiger partial charge in [0.15, 0.2) is 0 Å². The highest BCUT2D eigenvalue weighted by Gasteiger charge is 2.04. The molecule has 0 radical (unpaired) electrons. The molecule has 0 fully saturated rings. The van der Waals surface area contributed by atoms with Crippen molar-refractivity contribution in [3.8, 4) is 11.8 Å². The van der Waals surface area contributed by atoms with E-state index in [4.69, 9.17) is 15.7 Å². The lowest BCUT2D eigenvalue weighted by molar-refractivity contribution is 0.304. The van der Waals surface area contributed by atoms with Gasteiger partial charge >= 0.3 is 0 Å². The summed E-state index contributed by atoms with van der Waals surface area (Å²) in [5.74, 6) is 0.783. The summed E-state index contributed by atoms with van der Waals surface area (Å²) in [6.07, 6.45) is 0. The van der Waals surface area contributed by atoms with Crippen LogP contribution in [0.3, 0.4) is 0 Å². The van der Waals surface area contributed by atoms with Crippen LogP contribution >= 0.6 is 0 Å². The SMILES string of the molecule is Cc1cc(C)c(OCc2cccc(C#N)c2)cc1N. The molecule has 19 heavy (non-hydrogen) atoms. The number of nitriles is 1. The Kier molecular flexibility index (Phi) is 3.72. The molecule has 0 heterocycles. The molecule has 2 aromatic rings. The van der Waals surface area contributed by atoms with Gasteiger partial charge in [-0.15, -0.1) is 0 Å². The Labute approximate surface area is 113 Å². The van der Waals surface area contributed by atoms with Crippen molar-refractivity contribution in [2.75, 3.05) is 5.73 Å². The molecule has 2 aromatic carbocycles. The van der Waals surface area contributed by atoms with Crippen LogP contribution in [0.25, 0.3) is 0 Å². The monoisotopic (exact) mass is 252 g/mol. The van der Waals surface area contributed by atoms with Crippen molar-refractivity contribution < 1.29 is 4.74 Å². The topological polar surface area (TPSA) is 59.0 Å². The molecule has 0 atom stereocenters. The van der Waals surface area contributed by atoms with Crippen LogP contribution in [0, 0.1) is 25.2 Å². The van der Waals surface area contributed by atoms with E-state index in [0.29, 0.717) is 12.2 Å². The van der Waals surface area contributed by atoms with Gasteiger partial charge in [0.05, 0.1) is 11.6 Å². The molecule has 0 saturated heterocycles. The van der Waals surface area contributed by atoms with E-state index >= 15 is 0 Å². The minimum absolute atomic E-state index is 0.429. The number of hydrogen-bond acceptors (Lipinski definition) is 3. The largest absolute Gasteiger partial charge is 0.489 e. The smallest absolute Gasteiger partial charge is 0.124 e. The molecule has 3 heteroatoms. The minimum Gasteiger partial charge on any atom is -0.489 e. The molecule has 0 aliphatic carbocycles. The second-order valence-electron chi connectivity index (χ2n) is 4.58. The molecule has 0 unspecified atom stereocenters. The first-order valence-electron chi connectivity index (χ1n) is 6.08. The van der Waals surface area contributed by atoms with E-state index in [1.165, 1.54) is 0 Å². The van der Waals surface area contributed by atoms with Crippen molar-refractivity contribution in [2.45, 2.75) is 20.5 Å². The molecule has 0 amide bonds. The van der Waals surface area contributed by atoms with Crippen LogP contribution in [0.5, 0.6) is 5.75 Å². The zero-order valence-electron chi connectivity index (χ0n) is 11.1. The fourth-order valence-corrected chi connectivity index (χ4v) is 1.90. The maximum absolute atomic E-state index is 8.85. The van der Waals surface area contributed by atoms with Gasteiger partial charge in [0.2, 0.25) is 0 Å². The minimum atomic E-state index is 0.429. The highest BCUT2D eigenvalue weighted by Crippen LogP contribution is 2.25. The van der Waals surface area contributed by atoms with Crippen molar-refractivity contribution in [2.24, 2.45) is 0 Å². The van der Waals surface area contributed by atoms with Crippen LogP contribution in [0.1, 0.15) is 22.3 Å². The van der Waals surface area contributed by atoms with Gasteiger partial charge in [0, 0.05) is 11.8 Å². The van der Waals surface area contributed by atoms with Crippen LogP contribution in [0.4, 0.5) is 5.69 Å². The fraction of sp³-hybridized carbons (Fsp3) is 0.188. The van der Waals surface area contributed by atoms with Gasteiger partial charge in [-0.2, -0.15) is 5.26 Å². The van der Waals surface area contributed by atoms with E-state index in [1.807, 2.05) is 44.2 Å². The molecule has 2 rings (SSSR count). The van der Waals surface area contributed by atoms with Gasteiger partial charge in [-0.3, -0.25) is 0 Å². The zero-order valence-corrected chi connectivity index (χ0v) is 11.1. The third-order valence-corrected chi connectivity index (χ3v) is 3.01. The third-order valence-electron chi connectivity index (χ3n) is 3.01. The van der Waals surface area contributed by atoms with E-state index in [9.17, 15) is 0 Å². The molecule has 3 nitrogen and oxygen atoms in total. The Morgan fingerprint density at radius 1 is 1.16 bits per heavy atom. The Bertz CT molecular complexity index is 642. The van der Waals surface area contributed by atoms with Crippen LogP contribution in [-0.4, -0.2) is 0 Å². The number of aryl methyl sites for hydroxylation is 2. The van der Waals surface area contributed by atoms with Crippen LogP contribution in [-0.2, 0) is 6.61 Å². The quantitative estimate of drug-likeness (QED) is 0.852. The molecule has 96 valence electrons. The first-order valence-corrected chi connectivity index (χ1v) is 6.08. The summed E-state index contributed by atoms with van der Waals surface area (Å²) in [4.78, 5) is 0. The summed E-state index contributed by atoms with van der Waals surface area (Å²) in [6, 6.07) is 13.4. The Morgan fingerprint density at radius 3 is 2.68 bits per heavy atom. The van der Waals surface area contributed by atoms with Gasteiger partial charge in [-0.05, 0) is 42.7 Å². The van der Waals surface area contributed by atoms with E-state index in [0.717, 1.165) is 28.1 Å². The molecule has 0 saturated carbocycles. The first-order chi connectivity index (χ1) is 9.10. The molecule has 2 N–H and O–H groups in total. The summed E-state index contributed by atoms with van der Waals surface area (Å²) in [5, 5.41) is 8.85. The number of anilines is 1. The predicted octanol–water partition coefficient (Wildman–Crippen LogP) is 3.34.